The summed E-state index contributed by atoms with van der Waals surface area (Å²) in [6, 6.07) is 13.9. The number of hydrogen-bond donors (Lipinski definition) is 0. The number of benzene rings is 2. The number of nitrogens with zero attached hydrogens (tertiary/aromatic N) is 8. The monoisotopic (exact) mass is 880 g/mol. The highest BCUT2D eigenvalue weighted by atomic mass is 79.9. The van der Waals surface area contributed by atoms with Gasteiger partial charge in [-0.2, -0.15) is 10.2 Å². The maximum Gasteiger partial charge on any atom is 0.573 e. The second-order valence-corrected chi connectivity index (χ2v) is 17.6. The predicted molar refractivity (Wildman–Crippen MR) is 198 cm³/mol. The van der Waals surface area contributed by atoms with Crippen LogP contribution in [0.25, 0.3) is 11.4 Å². The average molecular weight is 883 g/mol. The molecule has 0 atom stereocenters. The molecule has 0 N–H and O–H groups in total. The van der Waals surface area contributed by atoms with Crippen LogP contribution in [-0.2, 0) is 0 Å². The van der Waals surface area contributed by atoms with Crippen molar-refractivity contribution >= 4 is 47.2 Å². The third-order valence-electron chi connectivity index (χ3n) is 6.03. The summed E-state index contributed by atoms with van der Waals surface area (Å²) in [6.45, 7) is 6.33. The van der Waals surface area contributed by atoms with Gasteiger partial charge in [-0.15, -0.1) is 31.9 Å². The number of rotatable bonds is 4. The average Bonchev–Trinajstić information content (AvgIpc) is 3.68. The fraction of sp³-hybridized carbons (Fsp3) is 0.143. The van der Waals surface area contributed by atoms with E-state index in [1.807, 2.05) is 0 Å². The highest BCUT2D eigenvalue weighted by Gasteiger charge is 2.31. The van der Waals surface area contributed by atoms with Crippen LogP contribution in [-0.4, -0.2) is 60.3 Å². The first-order valence-corrected chi connectivity index (χ1v) is 20.4. The van der Waals surface area contributed by atoms with E-state index in [0.29, 0.717) is 38.2 Å². The van der Waals surface area contributed by atoms with Crippen molar-refractivity contribution in [2.45, 2.75) is 32.4 Å². The molecule has 6 rings (SSSR count). The van der Waals surface area contributed by atoms with Gasteiger partial charge in [0.1, 0.15) is 29.9 Å². The Kier molecular flexibility index (Phi) is 14.4. The van der Waals surface area contributed by atoms with Crippen LogP contribution in [0.2, 0.25) is 29.9 Å². The number of alkyl halides is 6. The molecular formula is C35H25BrCl2F6N8O2Si. The molecule has 0 fully saturated rings. The SMILES string of the molecule is Brc1ncccn1.C[Si](C)(C)C#Cc1cnn(-c2ccc(OC(F)(F)F)cc2)c1Cl.FC(F)(F)Oc1ccc(-n2ncc(C#Cc3ncccn3)c2Cl)cc1. The van der Waals surface area contributed by atoms with Crippen LogP contribution in [0.3, 0.4) is 0 Å². The minimum atomic E-state index is -4.74. The molecule has 4 aromatic heterocycles. The summed E-state index contributed by atoms with van der Waals surface area (Å²) >= 11 is 15.5. The number of halogens is 9. The zero-order chi connectivity index (χ0) is 40.2. The second-order valence-electron chi connectivity index (χ2n) is 11.4. The molecule has 0 aliphatic carbocycles. The third kappa shape index (κ3) is 14.4. The van der Waals surface area contributed by atoms with Gasteiger partial charge in [0, 0.05) is 24.8 Å². The Hall–Kier alpha value is -5.40. The molecule has 6 aromatic rings. The van der Waals surface area contributed by atoms with Crippen molar-refractivity contribution in [3.63, 3.8) is 0 Å². The van der Waals surface area contributed by atoms with Gasteiger partial charge < -0.3 is 9.47 Å². The van der Waals surface area contributed by atoms with Crippen molar-refractivity contribution in [1.82, 2.24) is 39.5 Å². The van der Waals surface area contributed by atoms with E-state index in [1.165, 1.54) is 70.3 Å². The van der Waals surface area contributed by atoms with Crippen molar-refractivity contribution in [2.24, 2.45) is 0 Å². The number of ether oxygens (including phenoxy) is 2. The maximum absolute atomic E-state index is 12.2. The summed E-state index contributed by atoms with van der Waals surface area (Å²) < 4.78 is 84.0. The Morgan fingerprint density at radius 1 is 0.618 bits per heavy atom. The van der Waals surface area contributed by atoms with E-state index >= 15 is 0 Å². The Labute approximate surface area is 329 Å². The van der Waals surface area contributed by atoms with Gasteiger partial charge in [0.25, 0.3) is 0 Å². The first-order valence-electron chi connectivity index (χ1n) is 15.3. The first kappa shape index (κ1) is 42.3. The van der Waals surface area contributed by atoms with E-state index in [0.717, 1.165) is 0 Å². The van der Waals surface area contributed by atoms with Gasteiger partial charge in [0.2, 0.25) is 5.82 Å². The first-order chi connectivity index (χ1) is 25.9. The van der Waals surface area contributed by atoms with Gasteiger partial charge in [-0.1, -0.05) is 54.7 Å². The topological polar surface area (TPSA) is 106 Å². The molecule has 0 radical (unpaired) electrons. The van der Waals surface area contributed by atoms with Crippen LogP contribution in [0, 0.1) is 23.3 Å². The molecule has 0 aliphatic rings. The Bertz CT molecular complexity index is 2280. The van der Waals surface area contributed by atoms with Crippen molar-refractivity contribution in [1.29, 1.82) is 0 Å². The number of aromatic nitrogens is 8. The standard InChI is InChI=1S/C16H8ClF3N4O.C15H14ClF3N2OSi.C4H3BrN2/c17-15-11(2-7-14-21-8-1-9-22-14)10-23-24(15)12-3-5-13(6-4-12)25-16(18,19)20;1-23(2,3)9-8-11-10-20-21(14(11)16)12-4-6-13(7-5-12)22-15(17,18)19;5-4-6-2-1-3-7-4/h1,3-6,8-10H;4-7,10H,1-3H3;1-3H. The van der Waals surface area contributed by atoms with E-state index in [4.69, 9.17) is 23.2 Å². The molecular weight excluding hydrogens is 857 g/mol. The molecule has 284 valence electrons. The molecule has 0 amide bonds. The van der Waals surface area contributed by atoms with Crippen LogP contribution < -0.4 is 9.47 Å². The van der Waals surface area contributed by atoms with Gasteiger partial charge in [-0.3, -0.25) is 0 Å². The van der Waals surface area contributed by atoms with Crippen molar-refractivity contribution in [3.8, 4) is 46.2 Å². The quantitative estimate of drug-likeness (QED) is 0.0747. The van der Waals surface area contributed by atoms with E-state index in [9.17, 15) is 26.3 Å². The predicted octanol–water partition coefficient (Wildman–Crippen LogP) is 9.51. The summed E-state index contributed by atoms with van der Waals surface area (Å²) in [5.74, 6) is 8.25. The summed E-state index contributed by atoms with van der Waals surface area (Å²) in [7, 11) is -1.54. The fourth-order valence-corrected chi connectivity index (χ4v) is 5.02. The van der Waals surface area contributed by atoms with E-state index in [2.05, 4.69) is 98.5 Å². The molecule has 4 heterocycles. The van der Waals surface area contributed by atoms with Gasteiger partial charge in [-0.05, 0) is 82.5 Å². The van der Waals surface area contributed by atoms with Crippen molar-refractivity contribution in [2.75, 3.05) is 0 Å². The van der Waals surface area contributed by atoms with Gasteiger partial charge >= 0.3 is 12.7 Å². The molecule has 0 saturated heterocycles. The lowest BCUT2D eigenvalue weighted by Crippen LogP contribution is -2.17. The van der Waals surface area contributed by atoms with Crippen LogP contribution >= 0.6 is 39.1 Å². The highest BCUT2D eigenvalue weighted by molar-refractivity contribution is 9.10. The minimum absolute atomic E-state index is 0.216. The van der Waals surface area contributed by atoms with Crippen molar-refractivity contribution < 1.29 is 35.8 Å². The summed E-state index contributed by atoms with van der Waals surface area (Å²) in [4.78, 5) is 15.5. The van der Waals surface area contributed by atoms with Crippen LogP contribution in [0.15, 0.2) is 103 Å². The van der Waals surface area contributed by atoms with Gasteiger partial charge in [0.05, 0.1) is 34.9 Å². The zero-order valence-electron chi connectivity index (χ0n) is 28.5. The molecule has 0 spiro atoms. The number of hydrogen-bond acceptors (Lipinski definition) is 8. The molecule has 20 heteroatoms. The molecule has 0 aliphatic heterocycles. The maximum atomic E-state index is 12.2. The normalized spacial score (nSPS) is 11.0. The molecule has 2 aromatic carbocycles. The van der Waals surface area contributed by atoms with E-state index < -0.39 is 20.8 Å². The molecule has 0 bridgehead atoms. The minimum Gasteiger partial charge on any atom is -0.406 e. The van der Waals surface area contributed by atoms with Gasteiger partial charge in [0.15, 0.2) is 4.73 Å². The third-order valence-corrected chi connectivity index (χ3v) is 8.04. The lowest BCUT2D eigenvalue weighted by Gasteiger charge is -2.09. The molecule has 0 saturated carbocycles. The van der Waals surface area contributed by atoms with Crippen molar-refractivity contribution in [3.05, 3.63) is 130 Å². The lowest BCUT2D eigenvalue weighted by atomic mass is 10.3. The van der Waals surface area contributed by atoms with E-state index in [1.54, 1.807) is 36.9 Å². The fourth-order valence-electron chi connectivity index (χ4n) is 3.80. The van der Waals surface area contributed by atoms with Gasteiger partial charge in [-0.25, -0.2) is 29.3 Å². The Morgan fingerprint density at radius 2 is 1.02 bits per heavy atom. The Morgan fingerprint density at radius 3 is 1.38 bits per heavy atom. The smallest absolute Gasteiger partial charge is 0.406 e. The molecule has 55 heavy (non-hydrogen) atoms. The summed E-state index contributed by atoms with van der Waals surface area (Å²) in [5, 5.41) is 8.74. The van der Waals surface area contributed by atoms with E-state index in [-0.39, 0.29) is 16.7 Å². The van der Waals surface area contributed by atoms with Crippen LogP contribution in [0.1, 0.15) is 17.0 Å². The van der Waals surface area contributed by atoms with Crippen LogP contribution in [0.5, 0.6) is 11.5 Å². The van der Waals surface area contributed by atoms with Crippen LogP contribution in [0.4, 0.5) is 26.3 Å². The summed E-state index contributed by atoms with van der Waals surface area (Å²) in [6.07, 6.45) is -0.00100. The molecule has 0 unspecified atom stereocenters. The lowest BCUT2D eigenvalue weighted by molar-refractivity contribution is -0.275. The summed E-state index contributed by atoms with van der Waals surface area (Å²) in [5.41, 5.74) is 5.19. The molecule has 10 nitrogen and oxygen atoms in total. The largest absolute Gasteiger partial charge is 0.573 e. The Balaban J connectivity index is 0.000000208. The second kappa shape index (κ2) is 18.8. The highest BCUT2D eigenvalue weighted by Crippen LogP contribution is 2.27. The zero-order valence-corrected chi connectivity index (χ0v) is 32.6.